The Bertz CT molecular complexity index is 1310. The highest BCUT2D eigenvalue weighted by atomic mass is 16.2. The maximum Gasteiger partial charge on any atom is 0.251 e. The van der Waals surface area contributed by atoms with Gasteiger partial charge in [0.05, 0.1) is 23.6 Å². The molecule has 2 aromatic heterocycles. The summed E-state index contributed by atoms with van der Waals surface area (Å²) >= 11 is 0. The predicted molar refractivity (Wildman–Crippen MR) is 134 cm³/mol. The van der Waals surface area contributed by atoms with Crippen LogP contribution in [-0.4, -0.2) is 31.8 Å². The maximum absolute atomic E-state index is 13.3. The van der Waals surface area contributed by atoms with E-state index in [-0.39, 0.29) is 24.3 Å². The van der Waals surface area contributed by atoms with Gasteiger partial charge in [-0.3, -0.25) is 24.5 Å². The first kappa shape index (κ1) is 23.7. The second kappa shape index (κ2) is 10.6. The van der Waals surface area contributed by atoms with Crippen molar-refractivity contribution in [1.29, 1.82) is 0 Å². The Hall–Kier alpha value is -4.46. The van der Waals surface area contributed by atoms with Crippen LogP contribution in [0.25, 0.3) is 11.1 Å². The van der Waals surface area contributed by atoms with Gasteiger partial charge in [-0.1, -0.05) is 36.8 Å². The minimum absolute atomic E-state index is 0.149. The lowest BCUT2D eigenvalue weighted by Gasteiger charge is -2.23. The van der Waals surface area contributed by atoms with Crippen LogP contribution in [0.2, 0.25) is 0 Å². The molecule has 0 aliphatic carbocycles. The van der Waals surface area contributed by atoms with Crippen LogP contribution in [-0.2, 0) is 4.79 Å². The Kier molecular flexibility index (Phi) is 7.21. The van der Waals surface area contributed by atoms with Crippen LogP contribution in [0.3, 0.4) is 0 Å². The number of carbonyl (C=O) groups excluding carboxylic acids is 2. The van der Waals surface area contributed by atoms with E-state index in [4.69, 9.17) is 0 Å². The fourth-order valence-corrected chi connectivity index (χ4v) is 3.65. The van der Waals surface area contributed by atoms with Crippen LogP contribution < -0.4 is 10.2 Å². The average Bonchev–Trinajstić information content (AvgIpc) is 2.90. The number of carbonyl (C=O) groups is 2. The number of anilines is 2. The molecule has 0 radical (unpaired) electrons. The monoisotopic (exact) mass is 466 g/mol. The number of hydrogen-bond acceptors (Lipinski definition) is 6. The SMILES string of the molecule is CCC(=O)N(c1cc(C(=O)NC(C)c2cnccn2)cc(-c2ccc(C)cc2)c1)c1ccncn1. The summed E-state index contributed by atoms with van der Waals surface area (Å²) in [4.78, 5) is 44.4. The highest BCUT2D eigenvalue weighted by Gasteiger charge is 2.21. The van der Waals surface area contributed by atoms with Gasteiger partial charge in [0.2, 0.25) is 5.91 Å². The summed E-state index contributed by atoms with van der Waals surface area (Å²) in [6, 6.07) is 14.7. The summed E-state index contributed by atoms with van der Waals surface area (Å²) < 4.78 is 0. The topological polar surface area (TPSA) is 101 Å². The van der Waals surface area contributed by atoms with Crippen LogP contribution in [0.4, 0.5) is 11.5 Å². The third-order valence-corrected chi connectivity index (χ3v) is 5.54. The zero-order valence-corrected chi connectivity index (χ0v) is 19.8. The Balaban J connectivity index is 1.79. The van der Waals surface area contributed by atoms with Crippen molar-refractivity contribution in [3.05, 3.63) is 96.5 Å². The second-order valence-corrected chi connectivity index (χ2v) is 8.11. The third kappa shape index (κ3) is 5.55. The van der Waals surface area contributed by atoms with Gasteiger partial charge in [0.1, 0.15) is 12.1 Å². The van der Waals surface area contributed by atoms with Gasteiger partial charge in [0, 0.05) is 30.6 Å². The molecule has 0 fully saturated rings. The lowest BCUT2D eigenvalue weighted by molar-refractivity contribution is -0.117. The standard InChI is InChI=1S/C27H26N6O2/c1-4-26(34)33(25-9-10-29-17-31-25)23-14-21(20-7-5-18(2)6-8-20)13-22(15-23)27(35)32-19(3)24-16-28-11-12-30-24/h5-17,19H,4H2,1-3H3,(H,32,35). The summed E-state index contributed by atoms with van der Waals surface area (Å²) in [5.41, 5.74) is 4.48. The van der Waals surface area contributed by atoms with E-state index in [1.165, 1.54) is 11.2 Å². The molecule has 8 heteroatoms. The Labute approximate surface area is 204 Å². The number of nitrogens with one attached hydrogen (secondary N) is 1. The molecular weight excluding hydrogens is 440 g/mol. The normalized spacial score (nSPS) is 11.5. The van der Waals surface area contributed by atoms with Gasteiger partial charge < -0.3 is 5.32 Å². The molecule has 0 bridgehead atoms. The molecule has 0 saturated carbocycles. The number of benzene rings is 2. The molecule has 8 nitrogen and oxygen atoms in total. The molecule has 1 N–H and O–H groups in total. The largest absolute Gasteiger partial charge is 0.344 e. The number of amides is 2. The molecule has 1 atom stereocenters. The van der Waals surface area contributed by atoms with Crippen molar-refractivity contribution in [2.24, 2.45) is 0 Å². The lowest BCUT2D eigenvalue weighted by atomic mass is 9.99. The van der Waals surface area contributed by atoms with E-state index in [1.54, 1.807) is 43.8 Å². The van der Waals surface area contributed by atoms with Gasteiger partial charge in [-0.15, -0.1) is 0 Å². The Morgan fingerprint density at radius 3 is 2.40 bits per heavy atom. The molecule has 1 unspecified atom stereocenters. The first-order valence-electron chi connectivity index (χ1n) is 11.3. The fourth-order valence-electron chi connectivity index (χ4n) is 3.65. The van der Waals surface area contributed by atoms with E-state index in [0.717, 1.165) is 16.7 Å². The van der Waals surface area contributed by atoms with E-state index >= 15 is 0 Å². The first-order chi connectivity index (χ1) is 17.0. The zero-order valence-electron chi connectivity index (χ0n) is 19.8. The number of aryl methyl sites for hydroxylation is 1. The minimum atomic E-state index is -0.349. The molecule has 2 heterocycles. The van der Waals surface area contributed by atoms with E-state index in [1.807, 2.05) is 50.2 Å². The summed E-state index contributed by atoms with van der Waals surface area (Å²) in [5.74, 6) is 0.00110. The van der Waals surface area contributed by atoms with E-state index in [2.05, 4.69) is 25.3 Å². The highest BCUT2D eigenvalue weighted by molar-refractivity contribution is 6.03. The minimum Gasteiger partial charge on any atom is -0.344 e. The van der Waals surface area contributed by atoms with Crippen LogP contribution in [0.15, 0.2) is 79.6 Å². The van der Waals surface area contributed by atoms with Crippen LogP contribution in [0.1, 0.15) is 47.9 Å². The lowest BCUT2D eigenvalue weighted by Crippen LogP contribution is -2.29. The molecule has 176 valence electrons. The van der Waals surface area contributed by atoms with Crippen molar-refractivity contribution in [2.75, 3.05) is 4.90 Å². The second-order valence-electron chi connectivity index (χ2n) is 8.11. The number of rotatable bonds is 7. The molecule has 0 saturated heterocycles. The van der Waals surface area contributed by atoms with Crippen molar-refractivity contribution in [3.63, 3.8) is 0 Å². The Morgan fingerprint density at radius 1 is 0.943 bits per heavy atom. The van der Waals surface area contributed by atoms with Crippen molar-refractivity contribution >= 4 is 23.3 Å². The smallest absolute Gasteiger partial charge is 0.251 e. The predicted octanol–water partition coefficient (Wildman–Crippen LogP) is 4.81. The Morgan fingerprint density at radius 2 is 1.74 bits per heavy atom. The average molecular weight is 467 g/mol. The van der Waals surface area contributed by atoms with Gasteiger partial charge in [-0.25, -0.2) is 9.97 Å². The van der Waals surface area contributed by atoms with Crippen molar-refractivity contribution in [3.8, 4) is 11.1 Å². The summed E-state index contributed by atoms with van der Waals surface area (Å²) in [5, 5.41) is 2.98. The summed E-state index contributed by atoms with van der Waals surface area (Å²) in [7, 11) is 0. The summed E-state index contributed by atoms with van der Waals surface area (Å²) in [6.45, 7) is 5.65. The van der Waals surface area contributed by atoms with Crippen LogP contribution in [0.5, 0.6) is 0 Å². The molecule has 35 heavy (non-hydrogen) atoms. The van der Waals surface area contributed by atoms with Crippen molar-refractivity contribution in [1.82, 2.24) is 25.3 Å². The van der Waals surface area contributed by atoms with Gasteiger partial charge in [-0.2, -0.15) is 0 Å². The van der Waals surface area contributed by atoms with Gasteiger partial charge >= 0.3 is 0 Å². The number of nitrogens with zero attached hydrogens (tertiary/aromatic N) is 5. The molecule has 0 aliphatic rings. The highest BCUT2D eigenvalue weighted by Crippen LogP contribution is 2.31. The van der Waals surface area contributed by atoms with Crippen molar-refractivity contribution in [2.45, 2.75) is 33.2 Å². The van der Waals surface area contributed by atoms with Gasteiger partial charge in [0.25, 0.3) is 5.91 Å². The van der Waals surface area contributed by atoms with Crippen LogP contribution in [0, 0.1) is 6.92 Å². The first-order valence-corrected chi connectivity index (χ1v) is 11.3. The number of aromatic nitrogens is 4. The van der Waals surface area contributed by atoms with Crippen LogP contribution >= 0.6 is 0 Å². The van der Waals surface area contributed by atoms with E-state index in [9.17, 15) is 9.59 Å². The van der Waals surface area contributed by atoms with E-state index in [0.29, 0.717) is 22.8 Å². The fraction of sp³-hybridized carbons (Fsp3) is 0.185. The molecule has 2 amide bonds. The third-order valence-electron chi connectivity index (χ3n) is 5.54. The number of hydrogen-bond donors (Lipinski definition) is 1. The molecule has 0 aliphatic heterocycles. The molecular formula is C27H26N6O2. The maximum atomic E-state index is 13.3. The van der Waals surface area contributed by atoms with Gasteiger partial charge in [-0.05, 0) is 49.2 Å². The quantitative estimate of drug-likeness (QED) is 0.420. The summed E-state index contributed by atoms with van der Waals surface area (Å²) in [6.07, 6.45) is 8.04. The molecule has 4 rings (SSSR count). The van der Waals surface area contributed by atoms with Gasteiger partial charge in [0.15, 0.2) is 0 Å². The zero-order chi connectivity index (χ0) is 24.8. The molecule has 0 spiro atoms. The van der Waals surface area contributed by atoms with E-state index < -0.39 is 0 Å². The molecule has 4 aromatic rings. The molecule has 2 aromatic carbocycles. The van der Waals surface area contributed by atoms with Crippen molar-refractivity contribution < 1.29 is 9.59 Å².